The normalized spacial score (nSPS) is 12.3. The molecule has 172 valence electrons. The van der Waals surface area contributed by atoms with Gasteiger partial charge in [0, 0.05) is 36.1 Å². The Hall–Kier alpha value is -4.03. The fourth-order valence-corrected chi connectivity index (χ4v) is 4.44. The van der Waals surface area contributed by atoms with E-state index in [4.69, 9.17) is 9.47 Å². The molecule has 0 unspecified atom stereocenters. The molecule has 0 amide bonds. The molecule has 1 aliphatic heterocycles. The first-order valence-electron chi connectivity index (χ1n) is 11.2. The highest BCUT2D eigenvalue weighted by atomic mass is 16.7. The molecule has 0 bridgehead atoms. The Bertz CT molecular complexity index is 1390. The van der Waals surface area contributed by atoms with Crippen LogP contribution in [0.3, 0.4) is 0 Å². The summed E-state index contributed by atoms with van der Waals surface area (Å²) in [5, 5.41) is 14.6. The maximum Gasteiger partial charge on any atom is 0.352 e. The van der Waals surface area contributed by atoms with Crippen LogP contribution in [0.5, 0.6) is 11.5 Å². The molecule has 5 rings (SSSR count). The van der Waals surface area contributed by atoms with Gasteiger partial charge in [-0.1, -0.05) is 55.1 Å². The number of aryl methyl sites for hydroxylation is 1. The molecule has 0 saturated carbocycles. The number of carboxylic acids is 1. The Labute approximate surface area is 198 Å². The largest absolute Gasteiger partial charge is 0.477 e. The number of rotatable bonds is 8. The van der Waals surface area contributed by atoms with Crippen LogP contribution in [-0.4, -0.2) is 22.4 Å². The highest BCUT2D eigenvalue weighted by Gasteiger charge is 2.22. The van der Waals surface area contributed by atoms with Crippen molar-refractivity contribution < 1.29 is 19.4 Å². The number of ether oxygens (including phenoxy) is 2. The lowest BCUT2D eigenvalue weighted by Crippen LogP contribution is -2.17. The van der Waals surface area contributed by atoms with Crippen LogP contribution in [0, 0.1) is 6.92 Å². The summed E-state index contributed by atoms with van der Waals surface area (Å²) in [6.45, 7) is 7.54. The van der Waals surface area contributed by atoms with E-state index in [9.17, 15) is 9.90 Å². The monoisotopic (exact) mass is 454 g/mol. The molecular formula is C28H26N2O4. The topological polar surface area (TPSA) is 72.7 Å². The molecule has 0 saturated heterocycles. The van der Waals surface area contributed by atoms with E-state index in [0.717, 1.165) is 50.2 Å². The maximum absolute atomic E-state index is 12.5. The maximum atomic E-state index is 12.5. The molecule has 3 aromatic carbocycles. The zero-order valence-corrected chi connectivity index (χ0v) is 19.0. The summed E-state index contributed by atoms with van der Waals surface area (Å²) < 4.78 is 12.7. The Morgan fingerprint density at radius 3 is 2.56 bits per heavy atom. The van der Waals surface area contributed by atoms with E-state index in [0.29, 0.717) is 25.3 Å². The van der Waals surface area contributed by atoms with E-state index in [1.54, 1.807) is 6.08 Å². The van der Waals surface area contributed by atoms with Crippen LogP contribution in [0.25, 0.3) is 17.0 Å². The molecular weight excluding hydrogens is 428 g/mol. The number of nitrogens with one attached hydrogen (secondary N) is 1. The van der Waals surface area contributed by atoms with Crippen LogP contribution in [0.2, 0.25) is 0 Å². The van der Waals surface area contributed by atoms with Gasteiger partial charge in [0.15, 0.2) is 11.5 Å². The van der Waals surface area contributed by atoms with Crippen molar-refractivity contribution in [2.45, 2.75) is 26.6 Å². The average molecular weight is 455 g/mol. The molecule has 1 aliphatic rings. The first-order valence-corrected chi connectivity index (χ1v) is 11.2. The van der Waals surface area contributed by atoms with Crippen LogP contribution < -0.4 is 14.8 Å². The molecule has 0 spiro atoms. The lowest BCUT2D eigenvalue weighted by molar-refractivity contribution is 0.0684. The number of benzene rings is 3. The van der Waals surface area contributed by atoms with Crippen LogP contribution in [0.15, 0.2) is 67.2 Å². The highest BCUT2D eigenvalue weighted by Crippen LogP contribution is 2.33. The van der Waals surface area contributed by atoms with Gasteiger partial charge in [-0.15, -0.1) is 0 Å². The van der Waals surface area contributed by atoms with Gasteiger partial charge in [-0.3, -0.25) is 0 Å². The van der Waals surface area contributed by atoms with Crippen molar-refractivity contribution in [2.75, 3.05) is 6.79 Å². The Balaban J connectivity index is 1.47. The van der Waals surface area contributed by atoms with Crippen molar-refractivity contribution >= 4 is 22.9 Å². The molecule has 2 N–H and O–H groups in total. The van der Waals surface area contributed by atoms with E-state index >= 15 is 0 Å². The molecule has 0 fully saturated rings. The first kappa shape index (κ1) is 21.8. The summed E-state index contributed by atoms with van der Waals surface area (Å²) in [5.41, 5.74) is 6.21. The summed E-state index contributed by atoms with van der Waals surface area (Å²) in [7, 11) is 0. The minimum absolute atomic E-state index is 0.240. The van der Waals surface area contributed by atoms with Crippen molar-refractivity contribution in [2.24, 2.45) is 0 Å². The number of hydrogen-bond donors (Lipinski definition) is 2. The van der Waals surface area contributed by atoms with Gasteiger partial charge in [-0.25, -0.2) is 4.79 Å². The third kappa shape index (κ3) is 4.16. The molecule has 1 aromatic heterocycles. The van der Waals surface area contributed by atoms with Gasteiger partial charge in [0.05, 0.1) is 0 Å². The van der Waals surface area contributed by atoms with E-state index in [1.165, 1.54) is 0 Å². The molecule has 0 atom stereocenters. The summed E-state index contributed by atoms with van der Waals surface area (Å²) in [5.74, 6) is 0.549. The second-order valence-electron chi connectivity index (χ2n) is 8.48. The van der Waals surface area contributed by atoms with Gasteiger partial charge < -0.3 is 24.5 Å². The summed E-state index contributed by atoms with van der Waals surface area (Å²) >= 11 is 0. The summed E-state index contributed by atoms with van der Waals surface area (Å²) in [6.07, 6.45) is 1.80. The molecule has 6 nitrogen and oxygen atoms in total. The number of aromatic nitrogens is 1. The zero-order valence-electron chi connectivity index (χ0n) is 19.0. The second-order valence-corrected chi connectivity index (χ2v) is 8.48. The SMILES string of the molecule is C=Cc1ccc(Cn2c(C(=O)O)c(CNCc3ccc4c(c3)OCO4)c3ccc(C)cc32)cc1. The van der Waals surface area contributed by atoms with Crippen LogP contribution in [-0.2, 0) is 19.6 Å². The van der Waals surface area contributed by atoms with Crippen molar-refractivity contribution in [3.05, 3.63) is 101 Å². The third-order valence-corrected chi connectivity index (χ3v) is 6.15. The molecule has 6 heteroatoms. The third-order valence-electron chi connectivity index (χ3n) is 6.15. The van der Waals surface area contributed by atoms with Crippen molar-refractivity contribution in [3.8, 4) is 11.5 Å². The molecule has 34 heavy (non-hydrogen) atoms. The van der Waals surface area contributed by atoms with Crippen LogP contribution in [0.1, 0.15) is 38.3 Å². The molecule has 0 aliphatic carbocycles. The number of carbonyl (C=O) groups is 1. The van der Waals surface area contributed by atoms with Gasteiger partial charge in [-0.05, 0) is 47.4 Å². The van der Waals surface area contributed by atoms with Gasteiger partial charge >= 0.3 is 5.97 Å². The molecule has 0 radical (unpaired) electrons. The number of aromatic carboxylic acids is 1. The van der Waals surface area contributed by atoms with Gasteiger partial charge in [0.25, 0.3) is 0 Å². The average Bonchev–Trinajstić information content (AvgIpc) is 3.42. The van der Waals surface area contributed by atoms with Crippen LogP contribution >= 0.6 is 0 Å². The number of nitrogens with zero attached hydrogens (tertiary/aromatic N) is 1. The van der Waals surface area contributed by atoms with Gasteiger partial charge in [0.1, 0.15) is 5.69 Å². The fourth-order valence-electron chi connectivity index (χ4n) is 4.44. The minimum atomic E-state index is -0.934. The van der Waals surface area contributed by atoms with Gasteiger partial charge in [0.2, 0.25) is 6.79 Å². The Morgan fingerprint density at radius 1 is 1.03 bits per heavy atom. The lowest BCUT2D eigenvalue weighted by Gasteiger charge is -2.11. The number of carboxylic acid groups (broad SMARTS) is 1. The Kier molecular flexibility index (Phi) is 5.82. The van der Waals surface area contributed by atoms with Crippen molar-refractivity contribution in [1.82, 2.24) is 9.88 Å². The van der Waals surface area contributed by atoms with Crippen molar-refractivity contribution in [3.63, 3.8) is 0 Å². The zero-order chi connectivity index (χ0) is 23.7. The molecule has 4 aromatic rings. The first-order chi connectivity index (χ1) is 16.5. The number of hydrogen-bond acceptors (Lipinski definition) is 4. The smallest absolute Gasteiger partial charge is 0.352 e. The van der Waals surface area contributed by atoms with Crippen LogP contribution in [0.4, 0.5) is 0 Å². The van der Waals surface area contributed by atoms with E-state index < -0.39 is 5.97 Å². The van der Waals surface area contributed by atoms with Crippen molar-refractivity contribution in [1.29, 1.82) is 0 Å². The number of fused-ring (bicyclic) bond motifs is 2. The van der Waals surface area contributed by atoms with E-state index in [1.807, 2.05) is 66.1 Å². The highest BCUT2D eigenvalue weighted by molar-refractivity contribution is 5.98. The quantitative estimate of drug-likeness (QED) is 0.375. The molecule has 2 heterocycles. The van der Waals surface area contributed by atoms with E-state index in [2.05, 4.69) is 18.0 Å². The Morgan fingerprint density at radius 2 is 1.79 bits per heavy atom. The lowest BCUT2D eigenvalue weighted by atomic mass is 10.1. The standard InChI is InChI=1S/C28H26N2O4/c1-3-19-5-7-20(8-6-19)16-30-24-12-18(2)4-10-22(24)23(27(30)28(31)32)15-29-14-21-9-11-25-26(13-21)34-17-33-25/h3-13,29H,1,14-17H2,2H3,(H,31,32). The minimum Gasteiger partial charge on any atom is -0.477 e. The predicted octanol–water partition coefficient (Wildman–Crippen LogP) is 5.36. The predicted molar refractivity (Wildman–Crippen MR) is 132 cm³/mol. The summed E-state index contributed by atoms with van der Waals surface area (Å²) in [4.78, 5) is 12.5. The second kappa shape index (κ2) is 9.08. The van der Waals surface area contributed by atoms with Gasteiger partial charge in [-0.2, -0.15) is 0 Å². The van der Waals surface area contributed by atoms with E-state index in [-0.39, 0.29) is 6.79 Å². The summed E-state index contributed by atoms with van der Waals surface area (Å²) in [6, 6.07) is 20.0. The fraction of sp³-hybridized carbons (Fsp3) is 0.179.